The largest absolute Gasteiger partial charge is 0.512 e. The maximum absolute atomic E-state index is 11.7. The fourth-order valence-corrected chi connectivity index (χ4v) is 16.9. The molecule has 0 aliphatic carbocycles. The van der Waals surface area contributed by atoms with Gasteiger partial charge in [-0.15, -0.1) is 40.5 Å². The van der Waals surface area contributed by atoms with Crippen LogP contribution in [0.5, 0.6) is 0 Å². The molecular weight excluding hydrogens is 901 g/mol. The summed E-state index contributed by atoms with van der Waals surface area (Å²) in [7, 11) is -1.70. The molecule has 2 heterocycles. The van der Waals surface area contributed by atoms with Gasteiger partial charge in [0.15, 0.2) is 5.78 Å². The molecule has 7 heteroatoms. The summed E-state index contributed by atoms with van der Waals surface area (Å²) in [6.07, 6.45) is 6.65. The molecule has 0 bridgehead atoms. The van der Waals surface area contributed by atoms with Gasteiger partial charge in [-0.25, -0.2) is 4.98 Å². The number of hydrogen-bond acceptors (Lipinski definition) is 5. The van der Waals surface area contributed by atoms with Gasteiger partial charge in [-0.2, -0.15) is 0 Å². The Morgan fingerprint density at radius 2 is 1.38 bits per heavy atom. The number of thiophene rings is 1. The maximum Gasteiger partial charge on any atom is 0.162 e. The molecule has 5 rings (SSSR count). The van der Waals surface area contributed by atoms with Crippen LogP contribution in [-0.2, 0) is 30.3 Å². The summed E-state index contributed by atoms with van der Waals surface area (Å²) < 4.78 is 2.52. The first kappa shape index (κ1) is 47.7. The standard InChI is InChI=1S/C36H45N2SSi.C13H24O2.Ir/c1-23(2)19-40(20-24(3)4,21-25(5)6)28-14-15-30-32(18-28)39-35-33(37-22-38-34(30)35)27-16-26-12-10-11-13-29(26)31(17-27)36(7,8)9;1-5-10(6-2)12(14)9-13(15)11(7-3)8-4;/h10-15,17-18,22-25H,19-21H2,1-9H3;9-11,14H,5-8H2,1-4H3;/q-1;;/b;12-9-;. The Hall–Kier alpha value is -2.70. The van der Waals surface area contributed by atoms with Crippen LogP contribution < -0.4 is 5.19 Å². The van der Waals surface area contributed by atoms with Crippen LogP contribution in [0.2, 0.25) is 18.1 Å². The predicted octanol–water partition coefficient (Wildman–Crippen LogP) is 14.3. The fraction of sp³-hybridized carbons (Fsp3) is 0.531. The topological polar surface area (TPSA) is 63.1 Å². The quantitative estimate of drug-likeness (QED) is 0.0491. The molecule has 56 heavy (non-hydrogen) atoms. The van der Waals surface area contributed by atoms with Gasteiger partial charge >= 0.3 is 0 Å². The first-order chi connectivity index (χ1) is 26.0. The number of fused-ring (bicyclic) bond motifs is 4. The zero-order valence-electron chi connectivity index (χ0n) is 36.6. The number of allylic oxidation sites excluding steroid dienone is 2. The van der Waals surface area contributed by atoms with Crippen molar-refractivity contribution in [2.75, 3.05) is 0 Å². The number of rotatable bonds is 15. The molecule has 0 unspecified atom stereocenters. The third-order valence-electron chi connectivity index (χ3n) is 11.2. The van der Waals surface area contributed by atoms with Crippen molar-refractivity contribution in [3.05, 3.63) is 78.3 Å². The van der Waals surface area contributed by atoms with E-state index in [1.165, 1.54) is 49.9 Å². The smallest absolute Gasteiger partial charge is 0.162 e. The van der Waals surface area contributed by atoms with Crippen molar-refractivity contribution >= 4 is 61.5 Å². The molecule has 307 valence electrons. The minimum Gasteiger partial charge on any atom is -0.512 e. The van der Waals surface area contributed by atoms with Crippen molar-refractivity contribution in [1.82, 2.24) is 9.97 Å². The molecule has 0 fully saturated rings. The van der Waals surface area contributed by atoms with Gasteiger partial charge in [-0.1, -0.05) is 155 Å². The zero-order chi connectivity index (χ0) is 40.7. The van der Waals surface area contributed by atoms with E-state index in [1.807, 2.05) is 39.0 Å². The predicted molar refractivity (Wildman–Crippen MR) is 244 cm³/mol. The molecule has 1 N–H and O–H groups in total. The summed E-state index contributed by atoms with van der Waals surface area (Å²) in [5.74, 6) is 2.67. The Labute approximate surface area is 357 Å². The van der Waals surface area contributed by atoms with Crippen molar-refractivity contribution in [2.45, 2.75) is 139 Å². The molecule has 0 aliphatic rings. The van der Waals surface area contributed by atoms with Gasteiger partial charge in [0.1, 0.15) is 6.33 Å². The number of hydrogen-bond donors (Lipinski definition) is 1. The molecule has 1 radical (unpaired) electrons. The van der Waals surface area contributed by atoms with E-state index in [2.05, 4.69) is 117 Å². The summed E-state index contributed by atoms with van der Waals surface area (Å²) in [5, 5.41) is 15.1. The summed E-state index contributed by atoms with van der Waals surface area (Å²) in [6, 6.07) is 26.1. The van der Waals surface area contributed by atoms with E-state index in [9.17, 15) is 9.90 Å². The molecule has 3 aromatic carbocycles. The maximum atomic E-state index is 11.7. The molecule has 2 aromatic heterocycles. The first-order valence-corrected chi connectivity index (χ1v) is 24.5. The van der Waals surface area contributed by atoms with Gasteiger partial charge in [0.25, 0.3) is 0 Å². The molecule has 0 atom stereocenters. The van der Waals surface area contributed by atoms with Crippen LogP contribution in [0.4, 0.5) is 0 Å². The number of aliphatic hydroxyl groups is 1. The SMILES string of the molecule is CC(C)C[Si](CC(C)C)(CC(C)C)c1ccc2c(c1)sc1c(-c3[c-]c4ccccc4c(C(C)(C)C)c3)ncnc12.CCC(CC)C(=O)/C=C(\O)C(CC)CC.[Ir]. The van der Waals surface area contributed by atoms with Crippen molar-refractivity contribution in [2.24, 2.45) is 29.6 Å². The summed E-state index contributed by atoms with van der Waals surface area (Å²) >= 11 is 1.87. The number of carbonyl (C=O) groups excluding carboxylic acids is 1. The normalized spacial score (nSPS) is 12.7. The van der Waals surface area contributed by atoms with E-state index in [0.29, 0.717) is 17.8 Å². The minimum atomic E-state index is -1.70. The number of ketones is 1. The Kier molecular flexibility index (Phi) is 17.7. The van der Waals surface area contributed by atoms with Gasteiger partial charge in [0.05, 0.1) is 19.3 Å². The summed E-state index contributed by atoms with van der Waals surface area (Å²) in [5.41, 5.74) is 4.48. The van der Waals surface area contributed by atoms with Gasteiger partial charge in [-0.05, 0) is 54.9 Å². The molecule has 4 nitrogen and oxygen atoms in total. The number of carbonyl (C=O) groups is 1. The average Bonchev–Trinajstić information content (AvgIpc) is 3.49. The second kappa shape index (κ2) is 20.8. The zero-order valence-corrected chi connectivity index (χ0v) is 40.8. The van der Waals surface area contributed by atoms with Gasteiger partial charge in [0, 0.05) is 58.5 Å². The van der Waals surface area contributed by atoms with E-state index in [1.54, 1.807) is 11.5 Å². The van der Waals surface area contributed by atoms with E-state index in [4.69, 9.17) is 9.97 Å². The van der Waals surface area contributed by atoms with Crippen LogP contribution in [0.15, 0.2) is 66.7 Å². The average molecular weight is 970 g/mol. The van der Waals surface area contributed by atoms with E-state index in [0.717, 1.165) is 47.8 Å². The second-order valence-corrected chi connectivity index (χ2v) is 23.6. The molecule has 0 saturated heterocycles. The Morgan fingerprint density at radius 1 is 0.804 bits per heavy atom. The fourth-order valence-electron chi connectivity index (χ4n) is 8.80. The molecular formula is C49H69IrN2O2SSi-. The van der Waals surface area contributed by atoms with E-state index in [-0.39, 0.29) is 48.9 Å². The third kappa shape index (κ3) is 11.5. The van der Waals surface area contributed by atoms with E-state index >= 15 is 0 Å². The summed E-state index contributed by atoms with van der Waals surface area (Å²) in [6.45, 7) is 29.4. The monoisotopic (exact) mass is 970 g/mol. The molecule has 5 aromatic rings. The van der Waals surface area contributed by atoms with Crippen LogP contribution in [0.25, 0.3) is 42.3 Å². The van der Waals surface area contributed by atoms with Crippen molar-refractivity contribution in [1.29, 1.82) is 0 Å². The minimum absolute atomic E-state index is 0. The second-order valence-electron chi connectivity index (χ2n) is 18.2. The van der Waals surface area contributed by atoms with Crippen molar-refractivity contribution in [3.63, 3.8) is 0 Å². The number of nitrogens with zero attached hydrogens (tertiary/aromatic N) is 2. The molecule has 0 saturated carbocycles. The molecule has 0 amide bonds. The first-order valence-electron chi connectivity index (χ1n) is 21.1. The van der Waals surface area contributed by atoms with Gasteiger partial charge in [-0.3, -0.25) is 9.78 Å². The van der Waals surface area contributed by atoms with Gasteiger partial charge < -0.3 is 5.11 Å². The molecule has 0 spiro atoms. The Balaban J connectivity index is 0.000000448. The Morgan fingerprint density at radius 3 is 1.91 bits per heavy atom. The van der Waals surface area contributed by atoms with Crippen LogP contribution in [-0.4, -0.2) is 28.9 Å². The van der Waals surface area contributed by atoms with Crippen molar-refractivity contribution in [3.8, 4) is 11.3 Å². The number of aromatic nitrogens is 2. The van der Waals surface area contributed by atoms with E-state index < -0.39 is 8.07 Å². The number of benzene rings is 3. The van der Waals surface area contributed by atoms with Crippen LogP contribution in [0.3, 0.4) is 0 Å². The van der Waals surface area contributed by atoms with Crippen LogP contribution in [0, 0.1) is 35.7 Å². The number of aliphatic hydroxyl groups excluding tert-OH is 1. The third-order valence-corrected chi connectivity index (χ3v) is 18.7. The van der Waals surface area contributed by atoms with Crippen LogP contribution >= 0.6 is 11.3 Å². The van der Waals surface area contributed by atoms with Crippen molar-refractivity contribution < 1.29 is 30.0 Å². The molecule has 0 aliphatic heterocycles. The van der Waals surface area contributed by atoms with Gasteiger partial charge in [0.2, 0.25) is 0 Å². The Bertz CT molecular complexity index is 2040. The summed E-state index contributed by atoms with van der Waals surface area (Å²) in [4.78, 5) is 21.4. The van der Waals surface area contributed by atoms with Crippen LogP contribution in [0.1, 0.15) is 121 Å².